The molecule has 0 spiro atoms. The third-order valence-electron chi connectivity index (χ3n) is 13.4. The van der Waals surface area contributed by atoms with Crippen LogP contribution in [0.3, 0.4) is 0 Å². The van der Waals surface area contributed by atoms with Crippen LogP contribution >= 0.6 is 0 Å². The minimum Gasteiger partial charge on any atom is -0.234 e. The molecule has 2 aromatic carbocycles. The number of hydrogen-bond donors (Lipinski definition) is 0. The van der Waals surface area contributed by atoms with Gasteiger partial charge in [0.05, 0.1) is 19.5 Å². The zero-order valence-electron chi connectivity index (χ0n) is 39.7. The van der Waals surface area contributed by atoms with Crippen molar-refractivity contribution in [3.05, 3.63) is 89.5 Å². The third-order valence-corrected chi connectivity index (χ3v) is 13.4. The summed E-state index contributed by atoms with van der Waals surface area (Å²) in [5.41, 5.74) is 4.44. The summed E-state index contributed by atoms with van der Waals surface area (Å²) in [6.45, 7) is 9.36. The molecule has 1 aromatic heterocycles. The minimum absolute atomic E-state index is 0.513. The predicted octanol–water partition coefficient (Wildman–Crippen LogP) is 18.0. The molecule has 0 bridgehead atoms. The highest BCUT2D eigenvalue weighted by Crippen LogP contribution is 2.23. The fraction of sp³-hybridized carbons (Fsp3) is 0.737. The molecule has 1 unspecified atom stereocenters. The summed E-state index contributed by atoms with van der Waals surface area (Å²) in [6, 6.07) is 22.5. The summed E-state index contributed by atoms with van der Waals surface area (Å²) in [5, 5.41) is 0. The Labute approximate surface area is 368 Å². The maximum Gasteiger partial charge on any atom is 0.261 e. The van der Waals surface area contributed by atoms with Gasteiger partial charge in [-0.3, -0.25) is 0 Å². The Bertz CT molecular complexity index is 1330. The van der Waals surface area contributed by atoms with Crippen LogP contribution in [0, 0.1) is 0 Å². The normalized spacial score (nSPS) is 12.1. The van der Waals surface area contributed by atoms with E-state index in [4.69, 9.17) is 0 Å². The van der Waals surface area contributed by atoms with Crippen LogP contribution in [-0.2, 0) is 25.9 Å². The molecule has 0 radical (unpaired) electrons. The fourth-order valence-electron chi connectivity index (χ4n) is 9.46. The van der Waals surface area contributed by atoms with Gasteiger partial charge in [-0.05, 0) is 42.7 Å². The molecule has 3 aromatic rings. The summed E-state index contributed by atoms with van der Waals surface area (Å²) in [5.74, 6) is 2.04. The molecule has 0 aliphatic carbocycles. The number of nitrogens with zero attached hydrogens (tertiary/aromatic N) is 2. The summed E-state index contributed by atoms with van der Waals surface area (Å²) in [4.78, 5) is 0. The van der Waals surface area contributed by atoms with E-state index in [-0.39, 0.29) is 0 Å². The van der Waals surface area contributed by atoms with Crippen LogP contribution in [0.5, 0.6) is 0 Å². The number of imidazole rings is 1. The average Bonchev–Trinajstić information content (AvgIpc) is 3.57. The van der Waals surface area contributed by atoms with E-state index in [0.29, 0.717) is 5.92 Å². The molecule has 334 valence electrons. The second-order valence-corrected chi connectivity index (χ2v) is 18.9. The third kappa shape index (κ3) is 25.2. The molecule has 1 heterocycles. The van der Waals surface area contributed by atoms with Crippen molar-refractivity contribution >= 4 is 0 Å². The lowest BCUT2D eigenvalue weighted by molar-refractivity contribution is -0.704. The van der Waals surface area contributed by atoms with Crippen LogP contribution in [0.15, 0.2) is 66.9 Å². The lowest BCUT2D eigenvalue weighted by Gasteiger charge is -2.12. The highest BCUT2D eigenvalue weighted by molar-refractivity contribution is 5.22. The van der Waals surface area contributed by atoms with E-state index < -0.39 is 0 Å². The van der Waals surface area contributed by atoms with Gasteiger partial charge in [0.15, 0.2) is 0 Å². The van der Waals surface area contributed by atoms with Crippen molar-refractivity contribution in [2.24, 2.45) is 0 Å². The molecular weight excluding hydrogens is 713 g/mol. The van der Waals surface area contributed by atoms with Gasteiger partial charge in [-0.1, -0.05) is 274 Å². The highest BCUT2D eigenvalue weighted by Gasteiger charge is 2.25. The van der Waals surface area contributed by atoms with Gasteiger partial charge in [0.1, 0.15) is 11.9 Å². The highest BCUT2D eigenvalue weighted by atomic mass is 15.2. The number of aromatic nitrogens is 2. The molecule has 0 N–H and O–H groups in total. The Kier molecular flexibility index (Phi) is 31.4. The number of rotatable bonds is 41. The van der Waals surface area contributed by atoms with E-state index in [1.54, 1.807) is 0 Å². The molecule has 0 saturated carbocycles. The van der Waals surface area contributed by atoms with Crippen LogP contribution in [-0.4, -0.2) is 4.57 Å². The van der Waals surface area contributed by atoms with E-state index in [9.17, 15) is 0 Å². The second-order valence-electron chi connectivity index (χ2n) is 18.9. The second kappa shape index (κ2) is 36.3. The summed E-state index contributed by atoms with van der Waals surface area (Å²) < 4.78 is 5.45. The molecule has 0 amide bonds. The van der Waals surface area contributed by atoms with Crippen molar-refractivity contribution in [2.45, 2.75) is 271 Å². The number of benzene rings is 2. The van der Waals surface area contributed by atoms with Crippen molar-refractivity contribution < 1.29 is 4.57 Å². The summed E-state index contributed by atoms with van der Waals surface area (Å²) >= 11 is 0. The topological polar surface area (TPSA) is 8.81 Å². The van der Waals surface area contributed by atoms with Gasteiger partial charge in [-0.2, -0.15) is 0 Å². The van der Waals surface area contributed by atoms with Crippen LogP contribution in [0.4, 0.5) is 0 Å². The Morgan fingerprint density at radius 1 is 0.424 bits per heavy atom. The number of hydrogen-bond acceptors (Lipinski definition) is 0. The standard InChI is InChI=1S/C57H97N2/c1-4-6-8-10-12-14-16-18-20-22-24-26-28-30-32-34-42-48-58-52-56(50-53(3)55-46-40-37-41-47-55)59(57(58)51-54-44-38-36-39-45-54)49-43-35-33-31-29-27-25-23-21-19-17-15-13-11-9-7-5-2/h36-41,44-47,52-53H,4-35,42-43,48-51H2,1-3H3/q+1. The summed E-state index contributed by atoms with van der Waals surface area (Å²) in [6.07, 6.45) is 53.2. The first kappa shape index (κ1) is 51.0. The molecule has 0 aliphatic rings. The predicted molar refractivity (Wildman–Crippen MR) is 261 cm³/mol. The molecule has 0 saturated heterocycles. The van der Waals surface area contributed by atoms with Gasteiger partial charge >= 0.3 is 0 Å². The molecular formula is C57H97N2+. The largest absolute Gasteiger partial charge is 0.261 e. The minimum atomic E-state index is 0.513. The molecule has 0 fully saturated rings. The lowest BCUT2D eigenvalue weighted by Crippen LogP contribution is -2.37. The van der Waals surface area contributed by atoms with Gasteiger partial charge in [-0.25, -0.2) is 9.13 Å². The van der Waals surface area contributed by atoms with Crippen molar-refractivity contribution in [3.63, 3.8) is 0 Å². The number of aryl methyl sites for hydroxylation is 1. The molecule has 0 aliphatic heterocycles. The van der Waals surface area contributed by atoms with Crippen molar-refractivity contribution in [3.8, 4) is 0 Å². The van der Waals surface area contributed by atoms with Crippen molar-refractivity contribution in [2.75, 3.05) is 0 Å². The van der Waals surface area contributed by atoms with Crippen LogP contribution in [0.25, 0.3) is 0 Å². The average molecular weight is 810 g/mol. The zero-order chi connectivity index (χ0) is 41.7. The maximum atomic E-state index is 2.77. The Balaban J connectivity index is 1.42. The molecule has 59 heavy (non-hydrogen) atoms. The number of unbranched alkanes of at least 4 members (excludes halogenated alkanes) is 32. The lowest BCUT2D eigenvalue weighted by atomic mass is 9.96. The van der Waals surface area contributed by atoms with Gasteiger partial charge < -0.3 is 0 Å². The van der Waals surface area contributed by atoms with Crippen LogP contribution in [0.2, 0.25) is 0 Å². The van der Waals surface area contributed by atoms with E-state index in [0.717, 1.165) is 25.9 Å². The molecule has 1 atom stereocenters. The smallest absolute Gasteiger partial charge is 0.234 e. The molecule has 3 rings (SSSR count). The van der Waals surface area contributed by atoms with E-state index in [2.05, 4.69) is 96.8 Å². The first-order chi connectivity index (χ1) is 29.2. The SMILES string of the molecule is CCCCCCCCCCCCCCCCCCCn1c(CC(C)c2ccccc2)c[n+](CCCCCCCCCCCCCCCCCCC)c1Cc1ccccc1. The maximum absolute atomic E-state index is 2.77. The van der Waals surface area contributed by atoms with Crippen LogP contribution < -0.4 is 4.57 Å². The van der Waals surface area contributed by atoms with E-state index >= 15 is 0 Å². The molecule has 2 heteroatoms. The van der Waals surface area contributed by atoms with Crippen molar-refractivity contribution in [1.29, 1.82) is 0 Å². The Morgan fingerprint density at radius 3 is 1.19 bits per heavy atom. The quantitative estimate of drug-likeness (QED) is 0.0399. The Morgan fingerprint density at radius 2 is 0.780 bits per heavy atom. The Hall–Kier alpha value is -2.35. The van der Waals surface area contributed by atoms with Gasteiger partial charge in [-0.15, -0.1) is 0 Å². The monoisotopic (exact) mass is 810 g/mol. The summed E-state index contributed by atoms with van der Waals surface area (Å²) in [7, 11) is 0. The van der Waals surface area contributed by atoms with E-state index in [1.165, 1.54) is 241 Å². The van der Waals surface area contributed by atoms with Gasteiger partial charge in [0.2, 0.25) is 0 Å². The fourth-order valence-corrected chi connectivity index (χ4v) is 9.46. The van der Waals surface area contributed by atoms with Crippen LogP contribution in [0.1, 0.15) is 268 Å². The molecule has 2 nitrogen and oxygen atoms in total. The first-order valence-corrected chi connectivity index (χ1v) is 26.4. The van der Waals surface area contributed by atoms with Gasteiger partial charge in [0, 0.05) is 6.42 Å². The first-order valence-electron chi connectivity index (χ1n) is 26.4. The van der Waals surface area contributed by atoms with E-state index in [1.807, 2.05) is 0 Å². The van der Waals surface area contributed by atoms with Crippen molar-refractivity contribution in [1.82, 2.24) is 4.57 Å². The zero-order valence-corrected chi connectivity index (χ0v) is 39.7. The van der Waals surface area contributed by atoms with Gasteiger partial charge in [0.25, 0.3) is 5.82 Å².